The Balaban J connectivity index is 1.96. The van der Waals surface area contributed by atoms with Crippen LogP contribution in [0.1, 0.15) is 46.0 Å². The molecule has 92 valence electrons. The summed E-state index contributed by atoms with van der Waals surface area (Å²) in [7, 11) is 0. The molecule has 16 heavy (non-hydrogen) atoms. The van der Waals surface area contributed by atoms with Gasteiger partial charge in [0, 0.05) is 13.1 Å². The van der Waals surface area contributed by atoms with Gasteiger partial charge in [-0.05, 0) is 57.9 Å². The van der Waals surface area contributed by atoms with E-state index in [9.17, 15) is 5.11 Å². The lowest BCUT2D eigenvalue weighted by atomic mass is 9.71. The van der Waals surface area contributed by atoms with E-state index in [1.165, 1.54) is 38.6 Å². The van der Waals surface area contributed by atoms with Gasteiger partial charge in [-0.1, -0.05) is 12.2 Å². The van der Waals surface area contributed by atoms with Crippen LogP contribution in [0.5, 0.6) is 0 Å². The molecule has 0 saturated carbocycles. The van der Waals surface area contributed by atoms with Gasteiger partial charge in [-0.15, -0.1) is 0 Å². The fraction of sp³-hybridized carbons (Fsp3) is 0.857. The summed E-state index contributed by atoms with van der Waals surface area (Å²) >= 11 is 0. The standard InChI is InChI=1S/C14H25NO/c1-13(2,16)11-15-10-6-9-14(12-15)7-4-3-5-8-14/h3-4,16H,5-12H2,1-2H3. The second-order valence-electron chi connectivity index (χ2n) is 6.34. The number of nitrogens with zero attached hydrogens (tertiary/aromatic N) is 1. The van der Waals surface area contributed by atoms with E-state index in [2.05, 4.69) is 17.1 Å². The molecule has 1 spiro atoms. The molecule has 0 bridgehead atoms. The van der Waals surface area contributed by atoms with Crippen molar-refractivity contribution in [1.29, 1.82) is 0 Å². The predicted molar refractivity (Wildman–Crippen MR) is 67.4 cm³/mol. The van der Waals surface area contributed by atoms with E-state index in [4.69, 9.17) is 0 Å². The molecule has 1 fully saturated rings. The SMILES string of the molecule is CC(C)(O)CN1CCCC2(CC=CCC2)C1. The van der Waals surface area contributed by atoms with E-state index >= 15 is 0 Å². The summed E-state index contributed by atoms with van der Waals surface area (Å²) < 4.78 is 0. The number of hydrogen-bond acceptors (Lipinski definition) is 2. The Morgan fingerprint density at radius 2 is 2.12 bits per heavy atom. The van der Waals surface area contributed by atoms with Gasteiger partial charge in [0.2, 0.25) is 0 Å². The lowest BCUT2D eigenvalue weighted by Gasteiger charge is -2.45. The minimum absolute atomic E-state index is 0.526. The number of hydrogen-bond donors (Lipinski definition) is 1. The largest absolute Gasteiger partial charge is 0.389 e. The molecule has 0 aromatic rings. The quantitative estimate of drug-likeness (QED) is 0.727. The Morgan fingerprint density at radius 1 is 1.31 bits per heavy atom. The number of rotatable bonds is 2. The summed E-state index contributed by atoms with van der Waals surface area (Å²) in [4.78, 5) is 2.46. The maximum atomic E-state index is 9.90. The fourth-order valence-corrected chi connectivity index (χ4v) is 3.31. The number of allylic oxidation sites excluding steroid dienone is 2. The zero-order chi connectivity index (χ0) is 11.6. The van der Waals surface area contributed by atoms with Crippen molar-refractivity contribution in [3.05, 3.63) is 12.2 Å². The normalized spacial score (nSPS) is 32.2. The Kier molecular flexibility index (Phi) is 3.41. The Hall–Kier alpha value is -0.340. The molecule has 0 aromatic carbocycles. The number of aliphatic hydroxyl groups is 1. The first kappa shape index (κ1) is 12.1. The van der Waals surface area contributed by atoms with E-state index < -0.39 is 5.60 Å². The molecule has 1 aliphatic carbocycles. The molecule has 2 aliphatic rings. The molecule has 1 atom stereocenters. The molecular formula is C14H25NO. The number of β-amino-alcohol motifs (C(OH)–C–C–N with tert-alkyl or cyclic N) is 1. The van der Waals surface area contributed by atoms with Gasteiger partial charge >= 0.3 is 0 Å². The summed E-state index contributed by atoms with van der Waals surface area (Å²) in [6, 6.07) is 0. The Bertz CT molecular complexity index is 266. The maximum absolute atomic E-state index is 9.90. The van der Waals surface area contributed by atoms with Crippen LogP contribution in [0.15, 0.2) is 12.2 Å². The van der Waals surface area contributed by atoms with Gasteiger partial charge in [0.15, 0.2) is 0 Å². The molecule has 1 heterocycles. The highest BCUT2D eigenvalue weighted by atomic mass is 16.3. The highest BCUT2D eigenvalue weighted by Gasteiger charge is 2.36. The van der Waals surface area contributed by atoms with Crippen molar-refractivity contribution < 1.29 is 5.11 Å². The third-order valence-corrected chi connectivity index (χ3v) is 3.91. The number of piperidine rings is 1. The summed E-state index contributed by atoms with van der Waals surface area (Å²) in [6.07, 6.45) is 11.2. The average Bonchev–Trinajstić information content (AvgIpc) is 2.16. The van der Waals surface area contributed by atoms with E-state index in [-0.39, 0.29) is 0 Å². The van der Waals surface area contributed by atoms with Gasteiger partial charge in [0.05, 0.1) is 5.60 Å². The topological polar surface area (TPSA) is 23.5 Å². The Morgan fingerprint density at radius 3 is 2.75 bits per heavy atom. The molecule has 1 unspecified atom stereocenters. The monoisotopic (exact) mass is 223 g/mol. The zero-order valence-electron chi connectivity index (χ0n) is 10.7. The summed E-state index contributed by atoms with van der Waals surface area (Å²) in [5.41, 5.74) is -0.0265. The van der Waals surface area contributed by atoms with Crippen LogP contribution < -0.4 is 0 Å². The van der Waals surface area contributed by atoms with Gasteiger partial charge < -0.3 is 5.11 Å². The van der Waals surface area contributed by atoms with Crippen LogP contribution in [0.4, 0.5) is 0 Å². The van der Waals surface area contributed by atoms with Crippen LogP contribution in [-0.4, -0.2) is 35.2 Å². The first-order valence-corrected chi connectivity index (χ1v) is 6.59. The van der Waals surface area contributed by atoms with Crippen LogP contribution in [0, 0.1) is 5.41 Å². The van der Waals surface area contributed by atoms with Gasteiger partial charge in [0.1, 0.15) is 0 Å². The highest BCUT2D eigenvalue weighted by Crippen LogP contribution is 2.40. The van der Waals surface area contributed by atoms with Crippen LogP contribution >= 0.6 is 0 Å². The summed E-state index contributed by atoms with van der Waals surface area (Å²) in [5.74, 6) is 0. The minimum atomic E-state index is -0.553. The van der Waals surface area contributed by atoms with Crippen molar-refractivity contribution in [1.82, 2.24) is 4.90 Å². The van der Waals surface area contributed by atoms with Crippen LogP contribution in [-0.2, 0) is 0 Å². The lowest BCUT2D eigenvalue weighted by Crippen LogP contribution is -2.48. The molecule has 0 amide bonds. The molecule has 1 aliphatic heterocycles. The van der Waals surface area contributed by atoms with Crippen LogP contribution in [0.3, 0.4) is 0 Å². The molecule has 2 rings (SSSR count). The van der Waals surface area contributed by atoms with Crippen molar-refractivity contribution in [3.8, 4) is 0 Å². The first-order chi connectivity index (χ1) is 7.49. The van der Waals surface area contributed by atoms with Gasteiger partial charge in [-0.3, -0.25) is 4.90 Å². The van der Waals surface area contributed by atoms with Crippen molar-refractivity contribution >= 4 is 0 Å². The van der Waals surface area contributed by atoms with Crippen molar-refractivity contribution in [2.45, 2.75) is 51.6 Å². The predicted octanol–water partition coefficient (Wildman–Crippen LogP) is 2.58. The molecule has 0 radical (unpaired) electrons. The molecule has 2 heteroatoms. The third kappa shape index (κ3) is 3.08. The fourth-order valence-electron chi connectivity index (χ4n) is 3.31. The van der Waals surface area contributed by atoms with E-state index in [0.29, 0.717) is 5.41 Å². The smallest absolute Gasteiger partial charge is 0.0718 e. The summed E-state index contributed by atoms with van der Waals surface area (Å²) in [6.45, 7) is 6.99. The maximum Gasteiger partial charge on any atom is 0.0718 e. The second kappa shape index (κ2) is 4.50. The average molecular weight is 223 g/mol. The second-order valence-corrected chi connectivity index (χ2v) is 6.34. The molecule has 1 N–H and O–H groups in total. The van der Waals surface area contributed by atoms with Gasteiger partial charge in [0.25, 0.3) is 0 Å². The molecular weight excluding hydrogens is 198 g/mol. The van der Waals surface area contributed by atoms with Crippen LogP contribution in [0.25, 0.3) is 0 Å². The van der Waals surface area contributed by atoms with Gasteiger partial charge in [-0.2, -0.15) is 0 Å². The van der Waals surface area contributed by atoms with Crippen LogP contribution in [0.2, 0.25) is 0 Å². The summed E-state index contributed by atoms with van der Waals surface area (Å²) in [5, 5.41) is 9.90. The van der Waals surface area contributed by atoms with Crippen molar-refractivity contribution in [2.75, 3.05) is 19.6 Å². The molecule has 1 saturated heterocycles. The minimum Gasteiger partial charge on any atom is -0.389 e. The zero-order valence-corrected chi connectivity index (χ0v) is 10.7. The van der Waals surface area contributed by atoms with Crippen molar-refractivity contribution in [3.63, 3.8) is 0 Å². The van der Waals surface area contributed by atoms with E-state index in [0.717, 1.165) is 13.1 Å². The number of likely N-dealkylation sites (tertiary alicyclic amines) is 1. The third-order valence-electron chi connectivity index (χ3n) is 3.91. The highest BCUT2D eigenvalue weighted by molar-refractivity contribution is 5.00. The molecule has 2 nitrogen and oxygen atoms in total. The Labute approximate surface area is 99.3 Å². The first-order valence-electron chi connectivity index (χ1n) is 6.59. The molecule has 0 aromatic heterocycles. The lowest BCUT2D eigenvalue weighted by molar-refractivity contribution is -0.00134. The van der Waals surface area contributed by atoms with E-state index in [1.54, 1.807) is 0 Å². The van der Waals surface area contributed by atoms with Crippen molar-refractivity contribution in [2.24, 2.45) is 5.41 Å². The van der Waals surface area contributed by atoms with E-state index in [1.807, 2.05) is 13.8 Å². The van der Waals surface area contributed by atoms with Gasteiger partial charge in [-0.25, -0.2) is 0 Å².